The molecule has 0 amide bonds. The summed E-state index contributed by atoms with van der Waals surface area (Å²) in [5, 5.41) is 3.26. The zero-order chi connectivity index (χ0) is 13.7. The third kappa shape index (κ3) is 3.35. The monoisotopic (exact) mass is 259 g/mol. The van der Waals surface area contributed by atoms with Crippen molar-refractivity contribution in [2.75, 3.05) is 13.7 Å². The molecule has 1 aromatic heterocycles. The van der Waals surface area contributed by atoms with E-state index in [9.17, 15) is 0 Å². The van der Waals surface area contributed by atoms with Gasteiger partial charge in [0.1, 0.15) is 5.75 Å². The van der Waals surface area contributed by atoms with Crippen molar-refractivity contribution >= 4 is 0 Å². The average Bonchev–Trinajstić information content (AvgIpc) is 2.93. The molecule has 4 nitrogen and oxygen atoms in total. The van der Waals surface area contributed by atoms with Crippen molar-refractivity contribution in [3.63, 3.8) is 0 Å². The highest BCUT2D eigenvalue weighted by atomic mass is 16.5. The van der Waals surface area contributed by atoms with Crippen molar-refractivity contribution in [2.45, 2.75) is 26.4 Å². The number of benzene rings is 1. The Hall–Kier alpha value is -1.81. The number of ether oxygens (including phenoxy) is 1. The lowest BCUT2D eigenvalue weighted by Crippen LogP contribution is -2.13. The van der Waals surface area contributed by atoms with E-state index < -0.39 is 0 Å². The van der Waals surface area contributed by atoms with Crippen LogP contribution in [-0.4, -0.2) is 23.2 Å². The van der Waals surface area contributed by atoms with E-state index in [1.807, 2.05) is 31.1 Å². The summed E-state index contributed by atoms with van der Waals surface area (Å²) in [6.07, 6.45) is 5.58. The minimum Gasteiger partial charge on any atom is -0.494 e. The van der Waals surface area contributed by atoms with Crippen LogP contribution >= 0.6 is 0 Å². The number of nitrogens with zero attached hydrogens (tertiary/aromatic N) is 2. The van der Waals surface area contributed by atoms with E-state index in [0.29, 0.717) is 12.6 Å². The van der Waals surface area contributed by atoms with Gasteiger partial charge in [0.05, 0.1) is 19.5 Å². The molecule has 1 N–H and O–H groups in total. The molecule has 0 radical (unpaired) electrons. The lowest BCUT2D eigenvalue weighted by Gasteiger charge is -2.16. The van der Waals surface area contributed by atoms with E-state index >= 15 is 0 Å². The number of aromatic nitrogens is 2. The summed E-state index contributed by atoms with van der Waals surface area (Å²) in [6, 6.07) is 6.70. The van der Waals surface area contributed by atoms with Gasteiger partial charge < -0.3 is 14.6 Å². The summed E-state index contributed by atoms with van der Waals surface area (Å²) < 4.78 is 7.75. The van der Waals surface area contributed by atoms with E-state index in [-0.39, 0.29) is 0 Å². The molecule has 1 heterocycles. The van der Waals surface area contributed by atoms with Crippen LogP contribution in [0.25, 0.3) is 0 Å². The van der Waals surface area contributed by atoms with Crippen LogP contribution in [0, 0.1) is 0 Å². The van der Waals surface area contributed by atoms with E-state index in [0.717, 1.165) is 12.3 Å². The molecule has 0 aliphatic heterocycles. The van der Waals surface area contributed by atoms with Gasteiger partial charge in [-0.25, -0.2) is 4.98 Å². The molecule has 0 fully saturated rings. The standard InChI is InChI=1S/C15H21N3O/c1-4-19-15-6-5-13(12(2)16-3)9-14(15)10-18-8-7-17-11-18/h5-9,11-12,16H,4,10H2,1-3H3. The molecule has 102 valence electrons. The minimum absolute atomic E-state index is 0.331. The van der Waals surface area contributed by atoms with Crippen LogP contribution in [0.5, 0.6) is 5.75 Å². The van der Waals surface area contributed by atoms with Gasteiger partial charge in [0, 0.05) is 24.0 Å². The Morgan fingerprint density at radius 3 is 2.89 bits per heavy atom. The van der Waals surface area contributed by atoms with Gasteiger partial charge in [-0.2, -0.15) is 0 Å². The predicted octanol–water partition coefficient (Wildman–Crippen LogP) is 2.61. The van der Waals surface area contributed by atoms with Gasteiger partial charge in [-0.05, 0) is 38.6 Å². The number of hydrogen-bond acceptors (Lipinski definition) is 3. The normalized spacial score (nSPS) is 12.4. The predicted molar refractivity (Wildman–Crippen MR) is 76.4 cm³/mol. The van der Waals surface area contributed by atoms with Gasteiger partial charge in [0.15, 0.2) is 0 Å². The SMILES string of the molecule is CCOc1ccc(C(C)NC)cc1Cn1ccnc1. The quantitative estimate of drug-likeness (QED) is 0.866. The summed E-state index contributed by atoms with van der Waals surface area (Å²) in [5.74, 6) is 0.947. The summed E-state index contributed by atoms with van der Waals surface area (Å²) in [4.78, 5) is 4.08. The molecule has 19 heavy (non-hydrogen) atoms. The maximum absolute atomic E-state index is 5.70. The van der Waals surface area contributed by atoms with Crippen molar-refractivity contribution in [3.8, 4) is 5.75 Å². The van der Waals surface area contributed by atoms with E-state index in [2.05, 4.69) is 35.4 Å². The Kier molecular flexibility index (Phi) is 4.58. The smallest absolute Gasteiger partial charge is 0.124 e. The van der Waals surface area contributed by atoms with Crippen molar-refractivity contribution < 1.29 is 4.74 Å². The highest BCUT2D eigenvalue weighted by molar-refractivity contribution is 5.38. The number of nitrogens with one attached hydrogen (secondary N) is 1. The van der Waals surface area contributed by atoms with Gasteiger partial charge in [-0.3, -0.25) is 0 Å². The van der Waals surface area contributed by atoms with E-state index in [4.69, 9.17) is 4.74 Å². The van der Waals surface area contributed by atoms with Crippen LogP contribution in [0.1, 0.15) is 31.0 Å². The largest absolute Gasteiger partial charge is 0.494 e. The van der Waals surface area contributed by atoms with Crippen LogP contribution in [0.3, 0.4) is 0 Å². The highest BCUT2D eigenvalue weighted by Crippen LogP contribution is 2.24. The molecule has 0 bridgehead atoms. The lowest BCUT2D eigenvalue weighted by atomic mass is 10.0. The molecule has 2 aromatic rings. The van der Waals surface area contributed by atoms with E-state index in [1.54, 1.807) is 6.20 Å². The first-order valence-corrected chi connectivity index (χ1v) is 6.63. The fraction of sp³-hybridized carbons (Fsp3) is 0.400. The number of imidazole rings is 1. The number of rotatable bonds is 6. The molecule has 4 heteroatoms. The van der Waals surface area contributed by atoms with Gasteiger partial charge in [-0.1, -0.05) is 6.07 Å². The number of hydrogen-bond donors (Lipinski definition) is 1. The Morgan fingerprint density at radius 1 is 1.42 bits per heavy atom. The van der Waals surface area contributed by atoms with Crippen LogP contribution in [0.2, 0.25) is 0 Å². The third-order valence-electron chi connectivity index (χ3n) is 3.23. The van der Waals surface area contributed by atoms with Crippen molar-refractivity contribution in [1.29, 1.82) is 0 Å². The fourth-order valence-electron chi connectivity index (χ4n) is 2.03. The maximum atomic E-state index is 5.70. The fourth-order valence-corrected chi connectivity index (χ4v) is 2.03. The molecule has 0 saturated heterocycles. The molecule has 0 aliphatic rings. The first-order chi connectivity index (χ1) is 9.24. The molecule has 0 aliphatic carbocycles. The Balaban J connectivity index is 2.30. The van der Waals surface area contributed by atoms with Crippen molar-refractivity contribution in [3.05, 3.63) is 48.0 Å². The second kappa shape index (κ2) is 6.38. The van der Waals surface area contributed by atoms with Crippen LogP contribution in [0.4, 0.5) is 0 Å². The molecule has 0 saturated carbocycles. The Labute approximate surface area is 114 Å². The topological polar surface area (TPSA) is 39.1 Å². The Bertz CT molecular complexity index is 508. The third-order valence-corrected chi connectivity index (χ3v) is 3.23. The molecule has 1 aromatic carbocycles. The average molecular weight is 259 g/mol. The summed E-state index contributed by atoms with van der Waals surface area (Å²) in [7, 11) is 1.97. The highest BCUT2D eigenvalue weighted by Gasteiger charge is 2.09. The van der Waals surface area contributed by atoms with Crippen LogP contribution in [-0.2, 0) is 6.54 Å². The van der Waals surface area contributed by atoms with E-state index in [1.165, 1.54) is 11.1 Å². The second-order valence-electron chi connectivity index (χ2n) is 4.55. The molecule has 2 rings (SSSR count). The summed E-state index contributed by atoms with van der Waals surface area (Å²) in [6.45, 7) is 5.61. The second-order valence-corrected chi connectivity index (χ2v) is 4.55. The van der Waals surface area contributed by atoms with Crippen molar-refractivity contribution in [1.82, 2.24) is 14.9 Å². The van der Waals surface area contributed by atoms with Crippen LogP contribution < -0.4 is 10.1 Å². The first kappa shape index (κ1) is 13.6. The van der Waals surface area contributed by atoms with Crippen molar-refractivity contribution in [2.24, 2.45) is 0 Å². The summed E-state index contributed by atoms with van der Waals surface area (Å²) in [5.41, 5.74) is 2.44. The molecule has 1 unspecified atom stereocenters. The van der Waals surface area contributed by atoms with Gasteiger partial charge in [-0.15, -0.1) is 0 Å². The molecule has 0 spiro atoms. The lowest BCUT2D eigenvalue weighted by molar-refractivity contribution is 0.335. The van der Waals surface area contributed by atoms with Gasteiger partial charge in [0.2, 0.25) is 0 Å². The van der Waals surface area contributed by atoms with Gasteiger partial charge >= 0.3 is 0 Å². The molecule has 1 atom stereocenters. The first-order valence-electron chi connectivity index (χ1n) is 6.63. The molecular formula is C15H21N3O. The molecular weight excluding hydrogens is 238 g/mol. The van der Waals surface area contributed by atoms with Gasteiger partial charge in [0.25, 0.3) is 0 Å². The van der Waals surface area contributed by atoms with Crippen LogP contribution in [0.15, 0.2) is 36.9 Å². The maximum Gasteiger partial charge on any atom is 0.124 e. The minimum atomic E-state index is 0.331. The summed E-state index contributed by atoms with van der Waals surface area (Å²) >= 11 is 0. The zero-order valence-corrected chi connectivity index (χ0v) is 11.8. The Morgan fingerprint density at radius 2 is 2.26 bits per heavy atom. The zero-order valence-electron chi connectivity index (χ0n) is 11.8.